The van der Waals surface area contributed by atoms with Crippen molar-refractivity contribution < 1.29 is 30.0 Å². The highest BCUT2D eigenvalue weighted by Crippen LogP contribution is 2.34. The van der Waals surface area contributed by atoms with Crippen LogP contribution in [0, 0.1) is 10.8 Å². The molecule has 6 nitrogen and oxygen atoms in total. The fourth-order valence-electron chi connectivity index (χ4n) is 2.40. The van der Waals surface area contributed by atoms with Crippen molar-refractivity contribution in [3.8, 4) is 0 Å². The number of aliphatic carboxylic acids is 2. The average Bonchev–Trinajstić information content (AvgIpc) is 2.56. The fraction of sp³-hybridized carbons (Fsp3) is 0.625. The molecule has 0 heterocycles. The van der Waals surface area contributed by atoms with Crippen LogP contribution in [0.4, 0.5) is 0 Å². The number of carbonyl (C=O) groups is 2. The minimum absolute atomic E-state index is 0.670. The first-order chi connectivity index (χ1) is 10.4. The van der Waals surface area contributed by atoms with Gasteiger partial charge < -0.3 is 20.4 Å². The Labute approximate surface area is 129 Å². The van der Waals surface area contributed by atoms with E-state index >= 15 is 0 Å². The molecule has 2 aliphatic carbocycles. The van der Waals surface area contributed by atoms with E-state index in [1.54, 1.807) is 0 Å². The van der Waals surface area contributed by atoms with Gasteiger partial charge in [-0.25, -0.2) is 0 Å². The Hall–Kier alpha value is -1.66. The highest BCUT2D eigenvalue weighted by atomic mass is 16.4. The van der Waals surface area contributed by atoms with Gasteiger partial charge in [0, 0.05) is 0 Å². The Morgan fingerprint density at radius 2 is 0.909 bits per heavy atom. The van der Waals surface area contributed by atoms with Gasteiger partial charge in [0.2, 0.25) is 0 Å². The Morgan fingerprint density at radius 3 is 1.05 bits per heavy atom. The number of hydrogen-bond acceptors (Lipinski definition) is 4. The van der Waals surface area contributed by atoms with Gasteiger partial charge in [-0.2, -0.15) is 0 Å². The van der Waals surface area contributed by atoms with Crippen LogP contribution in [0.5, 0.6) is 0 Å². The van der Waals surface area contributed by atoms with Gasteiger partial charge >= 0.3 is 11.9 Å². The molecule has 6 heteroatoms. The number of carboxylic acids is 2. The lowest BCUT2D eigenvalue weighted by Crippen LogP contribution is -2.39. The van der Waals surface area contributed by atoms with Gasteiger partial charge in [0.05, 0.1) is 13.2 Å². The van der Waals surface area contributed by atoms with E-state index in [2.05, 4.69) is 0 Å². The maximum Gasteiger partial charge on any atom is 0.319 e. The predicted molar refractivity (Wildman–Crippen MR) is 80.3 cm³/mol. The Bertz CT molecular complexity index is 388. The summed E-state index contributed by atoms with van der Waals surface area (Å²) in [6.07, 6.45) is 13.3. The summed E-state index contributed by atoms with van der Waals surface area (Å²) >= 11 is 0. The van der Waals surface area contributed by atoms with E-state index < -0.39 is 36.0 Å². The van der Waals surface area contributed by atoms with Crippen LogP contribution in [0.3, 0.4) is 0 Å². The molecular formula is C16H24O6. The molecule has 124 valence electrons. The van der Waals surface area contributed by atoms with Crippen molar-refractivity contribution in [1.29, 1.82) is 0 Å². The average molecular weight is 312 g/mol. The SMILES string of the molecule is C1CCCCC1.O=C(O)C1(CO)C=CC(CO)(C(=O)O)C=C1. The van der Waals surface area contributed by atoms with Crippen molar-refractivity contribution in [3.05, 3.63) is 24.3 Å². The minimum atomic E-state index is -1.60. The predicted octanol–water partition coefficient (Wildman–Crippen LogP) is 1.58. The van der Waals surface area contributed by atoms with Crippen molar-refractivity contribution >= 4 is 11.9 Å². The van der Waals surface area contributed by atoms with E-state index in [0.717, 1.165) is 24.3 Å². The molecule has 0 unspecified atom stereocenters. The summed E-state index contributed by atoms with van der Waals surface area (Å²) < 4.78 is 0. The summed E-state index contributed by atoms with van der Waals surface area (Å²) in [5, 5.41) is 35.8. The van der Waals surface area contributed by atoms with Crippen LogP contribution >= 0.6 is 0 Å². The molecule has 0 radical (unpaired) electrons. The highest BCUT2D eigenvalue weighted by molar-refractivity contribution is 5.85. The zero-order valence-corrected chi connectivity index (χ0v) is 12.6. The van der Waals surface area contributed by atoms with E-state index in [9.17, 15) is 9.59 Å². The van der Waals surface area contributed by atoms with Crippen LogP contribution in [-0.4, -0.2) is 45.6 Å². The topological polar surface area (TPSA) is 115 Å². The molecule has 4 N–H and O–H groups in total. The van der Waals surface area contributed by atoms with E-state index in [-0.39, 0.29) is 0 Å². The van der Waals surface area contributed by atoms with Gasteiger partial charge in [-0.1, -0.05) is 62.8 Å². The fourth-order valence-corrected chi connectivity index (χ4v) is 2.40. The first kappa shape index (κ1) is 18.4. The van der Waals surface area contributed by atoms with E-state index in [0.29, 0.717) is 0 Å². The monoisotopic (exact) mass is 312 g/mol. The Kier molecular flexibility index (Phi) is 6.77. The standard InChI is InChI=1S/C10H12O6.C6H12/c11-5-9(7(13)14)1-2-10(6-12,4-3-9)8(15)16;1-2-4-6-5-3-1/h1-4,11-12H,5-6H2,(H,13,14)(H,15,16);1-6H2. The third-order valence-electron chi connectivity index (χ3n) is 4.18. The van der Waals surface area contributed by atoms with Gasteiger partial charge in [0.15, 0.2) is 0 Å². The lowest BCUT2D eigenvalue weighted by molar-refractivity contribution is -0.148. The maximum absolute atomic E-state index is 10.9. The van der Waals surface area contributed by atoms with Gasteiger partial charge in [-0.15, -0.1) is 0 Å². The summed E-state index contributed by atoms with van der Waals surface area (Å²) in [5.41, 5.74) is -3.21. The maximum atomic E-state index is 10.9. The second-order valence-electron chi connectivity index (χ2n) is 5.80. The van der Waals surface area contributed by atoms with E-state index in [1.165, 1.54) is 38.5 Å². The molecule has 0 aromatic rings. The molecule has 0 spiro atoms. The summed E-state index contributed by atoms with van der Waals surface area (Å²) in [4.78, 5) is 21.8. The number of aliphatic hydroxyl groups is 2. The second kappa shape index (κ2) is 8.10. The van der Waals surface area contributed by atoms with Crippen LogP contribution in [-0.2, 0) is 9.59 Å². The summed E-state index contributed by atoms with van der Waals surface area (Å²) in [5.74, 6) is -2.56. The van der Waals surface area contributed by atoms with Gasteiger partial charge in [0.1, 0.15) is 10.8 Å². The number of carboxylic acid groups (broad SMARTS) is 2. The highest BCUT2D eigenvalue weighted by Gasteiger charge is 2.42. The van der Waals surface area contributed by atoms with Crippen molar-refractivity contribution in [2.24, 2.45) is 10.8 Å². The smallest absolute Gasteiger partial charge is 0.319 e. The quantitative estimate of drug-likeness (QED) is 0.586. The van der Waals surface area contributed by atoms with Crippen LogP contribution in [0.2, 0.25) is 0 Å². The minimum Gasteiger partial charge on any atom is -0.480 e. The van der Waals surface area contributed by atoms with Gasteiger partial charge in [-0.05, 0) is 0 Å². The third kappa shape index (κ3) is 4.18. The van der Waals surface area contributed by atoms with Crippen LogP contribution in [0.15, 0.2) is 24.3 Å². The van der Waals surface area contributed by atoms with Crippen molar-refractivity contribution in [1.82, 2.24) is 0 Å². The Morgan fingerprint density at radius 1 is 0.682 bits per heavy atom. The third-order valence-corrected chi connectivity index (χ3v) is 4.18. The number of aliphatic hydroxyl groups excluding tert-OH is 2. The number of hydrogen-bond donors (Lipinski definition) is 4. The molecule has 2 rings (SSSR count). The number of rotatable bonds is 4. The summed E-state index contributed by atoms with van der Waals surface area (Å²) in [6.45, 7) is -1.34. The lowest BCUT2D eigenvalue weighted by atomic mass is 9.75. The first-order valence-corrected chi connectivity index (χ1v) is 7.52. The van der Waals surface area contributed by atoms with Gasteiger partial charge in [0.25, 0.3) is 0 Å². The van der Waals surface area contributed by atoms with Crippen LogP contribution in [0.25, 0.3) is 0 Å². The molecule has 0 amide bonds. The Balaban J connectivity index is 0.000000335. The largest absolute Gasteiger partial charge is 0.480 e. The molecule has 2 aliphatic rings. The van der Waals surface area contributed by atoms with Crippen molar-refractivity contribution in [2.75, 3.05) is 13.2 Å². The molecule has 0 saturated heterocycles. The molecular weight excluding hydrogens is 288 g/mol. The molecule has 22 heavy (non-hydrogen) atoms. The molecule has 0 atom stereocenters. The lowest BCUT2D eigenvalue weighted by Gasteiger charge is -2.29. The normalized spacial score (nSPS) is 30.3. The summed E-state index contributed by atoms with van der Waals surface area (Å²) in [6, 6.07) is 0. The van der Waals surface area contributed by atoms with Crippen LogP contribution < -0.4 is 0 Å². The van der Waals surface area contributed by atoms with Crippen LogP contribution in [0.1, 0.15) is 38.5 Å². The summed E-state index contributed by atoms with van der Waals surface area (Å²) in [7, 11) is 0. The first-order valence-electron chi connectivity index (χ1n) is 7.52. The molecule has 1 fully saturated rings. The van der Waals surface area contributed by atoms with Crippen molar-refractivity contribution in [2.45, 2.75) is 38.5 Å². The molecule has 0 bridgehead atoms. The van der Waals surface area contributed by atoms with E-state index in [1.807, 2.05) is 0 Å². The molecule has 0 aromatic heterocycles. The van der Waals surface area contributed by atoms with E-state index in [4.69, 9.17) is 20.4 Å². The molecule has 1 saturated carbocycles. The molecule has 0 aromatic carbocycles. The zero-order valence-electron chi connectivity index (χ0n) is 12.6. The zero-order chi connectivity index (χ0) is 16.6. The van der Waals surface area contributed by atoms with Crippen molar-refractivity contribution in [3.63, 3.8) is 0 Å². The van der Waals surface area contributed by atoms with Gasteiger partial charge in [-0.3, -0.25) is 9.59 Å². The molecule has 0 aliphatic heterocycles. The second-order valence-corrected chi connectivity index (χ2v) is 5.80.